The Balaban J connectivity index is 1.53. The Morgan fingerprint density at radius 1 is 1.11 bits per heavy atom. The van der Waals surface area contributed by atoms with Crippen molar-refractivity contribution in [3.8, 4) is 5.69 Å². The predicted molar refractivity (Wildman–Crippen MR) is 105 cm³/mol. The number of nitrogens with zero attached hydrogens (tertiary/aromatic N) is 4. The van der Waals surface area contributed by atoms with Gasteiger partial charge in [0.05, 0.1) is 11.7 Å². The minimum absolute atomic E-state index is 0.168. The molecular weight excluding hydrogens is 338 g/mol. The monoisotopic (exact) mass is 361 g/mol. The second kappa shape index (κ2) is 7.61. The number of anilines is 1. The van der Waals surface area contributed by atoms with E-state index in [1.165, 1.54) is 12.8 Å². The number of hydrogen-bond acceptors (Lipinski definition) is 4. The first-order valence-corrected chi connectivity index (χ1v) is 9.33. The molecule has 1 amide bonds. The van der Waals surface area contributed by atoms with Crippen LogP contribution in [0.4, 0.5) is 5.69 Å². The Hall–Kier alpha value is -3.15. The van der Waals surface area contributed by atoms with Crippen molar-refractivity contribution in [2.45, 2.75) is 25.8 Å². The van der Waals surface area contributed by atoms with Gasteiger partial charge in [-0.25, -0.2) is 4.68 Å². The van der Waals surface area contributed by atoms with E-state index in [-0.39, 0.29) is 11.9 Å². The van der Waals surface area contributed by atoms with Crippen LogP contribution in [0.1, 0.15) is 41.9 Å². The first-order chi connectivity index (χ1) is 13.2. The Labute approximate surface area is 158 Å². The maximum Gasteiger partial charge on any atom is 0.270 e. The molecule has 6 nitrogen and oxygen atoms in total. The lowest BCUT2D eigenvalue weighted by Crippen LogP contribution is -2.28. The molecule has 3 heterocycles. The summed E-state index contributed by atoms with van der Waals surface area (Å²) in [7, 11) is 0. The number of rotatable bonds is 5. The standard InChI is InChI=1S/C21H23N5O/c1-16(18-7-2-3-8-20(18)26-14-6-10-23-26)24-21(27)19-15-17(9-11-22-19)25-12-4-5-13-25/h2-3,6-11,14-16H,4-5,12-13H2,1H3,(H,24,27). The number of carbonyl (C=O) groups excluding carboxylic acids is 1. The molecule has 6 heteroatoms. The van der Waals surface area contributed by atoms with E-state index in [2.05, 4.69) is 20.3 Å². The molecule has 0 bridgehead atoms. The van der Waals surface area contributed by atoms with Crippen molar-refractivity contribution >= 4 is 11.6 Å². The molecule has 1 atom stereocenters. The van der Waals surface area contributed by atoms with E-state index in [0.29, 0.717) is 5.69 Å². The summed E-state index contributed by atoms with van der Waals surface area (Å²) in [4.78, 5) is 19.4. The van der Waals surface area contributed by atoms with Gasteiger partial charge in [-0.3, -0.25) is 9.78 Å². The zero-order chi connectivity index (χ0) is 18.6. The molecule has 4 rings (SSSR count). The molecule has 0 aliphatic carbocycles. The molecule has 1 unspecified atom stereocenters. The first kappa shape index (κ1) is 17.3. The molecule has 1 fully saturated rings. The average Bonchev–Trinajstić information content (AvgIpc) is 3.42. The molecular formula is C21H23N5O. The number of carbonyl (C=O) groups is 1. The normalized spacial score (nSPS) is 14.9. The maximum absolute atomic E-state index is 12.8. The van der Waals surface area contributed by atoms with Crippen LogP contribution >= 0.6 is 0 Å². The zero-order valence-electron chi connectivity index (χ0n) is 15.4. The number of hydrogen-bond donors (Lipinski definition) is 1. The van der Waals surface area contributed by atoms with E-state index < -0.39 is 0 Å². The Kier molecular flexibility index (Phi) is 4.87. The Morgan fingerprint density at radius 3 is 2.70 bits per heavy atom. The van der Waals surface area contributed by atoms with Crippen molar-refractivity contribution in [3.05, 3.63) is 72.3 Å². The zero-order valence-corrected chi connectivity index (χ0v) is 15.4. The van der Waals surface area contributed by atoms with Gasteiger partial charge in [0.15, 0.2) is 0 Å². The number of aromatic nitrogens is 3. The lowest BCUT2D eigenvalue weighted by molar-refractivity contribution is 0.0935. The van der Waals surface area contributed by atoms with E-state index >= 15 is 0 Å². The summed E-state index contributed by atoms with van der Waals surface area (Å²) in [6.45, 7) is 4.06. The van der Waals surface area contributed by atoms with Crippen LogP contribution in [0.25, 0.3) is 5.69 Å². The number of pyridine rings is 1. The van der Waals surface area contributed by atoms with Crippen molar-refractivity contribution in [1.29, 1.82) is 0 Å². The van der Waals surface area contributed by atoms with E-state index in [0.717, 1.165) is 30.0 Å². The van der Waals surface area contributed by atoms with Crippen LogP contribution in [0.5, 0.6) is 0 Å². The average molecular weight is 361 g/mol. The van der Waals surface area contributed by atoms with Crippen molar-refractivity contribution in [2.75, 3.05) is 18.0 Å². The molecule has 0 radical (unpaired) electrons. The predicted octanol–water partition coefficient (Wildman–Crippen LogP) is 3.36. The SMILES string of the molecule is CC(NC(=O)c1cc(N2CCCC2)ccn1)c1ccccc1-n1cccn1. The topological polar surface area (TPSA) is 63.1 Å². The highest BCUT2D eigenvalue weighted by Crippen LogP contribution is 2.23. The summed E-state index contributed by atoms with van der Waals surface area (Å²) in [5, 5.41) is 7.38. The maximum atomic E-state index is 12.8. The van der Waals surface area contributed by atoms with Gasteiger partial charge in [0, 0.05) is 37.4 Å². The van der Waals surface area contributed by atoms with Gasteiger partial charge < -0.3 is 10.2 Å². The lowest BCUT2D eigenvalue weighted by Gasteiger charge is -2.20. The molecule has 1 aliphatic rings. The molecule has 1 aromatic carbocycles. The smallest absolute Gasteiger partial charge is 0.270 e. The third-order valence-electron chi connectivity index (χ3n) is 4.95. The van der Waals surface area contributed by atoms with E-state index in [1.54, 1.807) is 12.4 Å². The summed E-state index contributed by atoms with van der Waals surface area (Å²) < 4.78 is 1.81. The Morgan fingerprint density at radius 2 is 1.93 bits per heavy atom. The number of benzene rings is 1. The van der Waals surface area contributed by atoms with Crippen molar-refractivity contribution < 1.29 is 4.79 Å². The summed E-state index contributed by atoms with van der Waals surface area (Å²) in [5.74, 6) is -0.168. The van der Waals surface area contributed by atoms with Crippen LogP contribution in [0, 0.1) is 0 Å². The summed E-state index contributed by atoms with van der Waals surface area (Å²) in [6.07, 6.45) is 7.75. The van der Waals surface area contributed by atoms with Gasteiger partial charge in [0.2, 0.25) is 0 Å². The quantitative estimate of drug-likeness (QED) is 0.757. The van der Waals surface area contributed by atoms with Gasteiger partial charge in [-0.15, -0.1) is 0 Å². The molecule has 1 aliphatic heterocycles. The molecule has 0 spiro atoms. The summed E-state index contributed by atoms with van der Waals surface area (Å²) in [6, 6.07) is 13.5. The largest absolute Gasteiger partial charge is 0.371 e. The third kappa shape index (κ3) is 3.69. The van der Waals surface area contributed by atoms with Gasteiger partial charge in [0.25, 0.3) is 5.91 Å². The van der Waals surface area contributed by atoms with Gasteiger partial charge in [-0.2, -0.15) is 5.10 Å². The van der Waals surface area contributed by atoms with Crippen LogP contribution in [-0.2, 0) is 0 Å². The fraction of sp³-hybridized carbons (Fsp3) is 0.286. The highest BCUT2D eigenvalue weighted by molar-refractivity contribution is 5.93. The number of para-hydroxylation sites is 1. The van der Waals surface area contributed by atoms with Crippen LogP contribution in [0.2, 0.25) is 0 Å². The molecule has 3 aromatic rings. The lowest BCUT2D eigenvalue weighted by atomic mass is 10.1. The van der Waals surface area contributed by atoms with Gasteiger partial charge in [-0.1, -0.05) is 18.2 Å². The van der Waals surface area contributed by atoms with Crippen LogP contribution in [0.15, 0.2) is 61.1 Å². The molecule has 138 valence electrons. The highest BCUT2D eigenvalue weighted by atomic mass is 16.1. The second-order valence-electron chi connectivity index (χ2n) is 6.80. The van der Waals surface area contributed by atoms with Crippen LogP contribution < -0.4 is 10.2 Å². The minimum atomic E-state index is -0.171. The minimum Gasteiger partial charge on any atom is -0.371 e. The van der Waals surface area contributed by atoms with Crippen LogP contribution in [0.3, 0.4) is 0 Å². The van der Waals surface area contributed by atoms with E-state index in [4.69, 9.17) is 0 Å². The third-order valence-corrected chi connectivity index (χ3v) is 4.95. The first-order valence-electron chi connectivity index (χ1n) is 9.33. The van der Waals surface area contributed by atoms with E-state index in [9.17, 15) is 4.79 Å². The molecule has 1 N–H and O–H groups in total. The summed E-state index contributed by atoms with van der Waals surface area (Å²) in [5.41, 5.74) is 3.47. The van der Waals surface area contributed by atoms with Crippen molar-refractivity contribution in [1.82, 2.24) is 20.1 Å². The number of amides is 1. The van der Waals surface area contributed by atoms with Crippen molar-refractivity contribution in [2.24, 2.45) is 0 Å². The van der Waals surface area contributed by atoms with Crippen molar-refractivity contribution in [3.63, 3.8) is 0 Å². The fourth-order valence-electron chi connectivity index (χ4n) is 3.54. The molecule has 2 aromatic heterocycles. The van der Waals surface area contributed by atoms with E-state index in [1.807, 2.05) is 60.3 Å². The highest BCUT2D eigenvalue weighted by Gasteiger charge is 2.18. The van der Waals surface area contributed by atoms with Crippen LogP contribution in [-0.4, -0.2) is 33.8 Å². The molecule has 0 saturated carbocycles. The van der Waals surface area contributed by atoms with Gasteiger partial charge >= 0.3 is 0 Å². The van der Waals surface area contributed by atoms with Gasteiger partial charge in [0.1, 0.15) is 5.69 Å². The van der Waals surface area contributed by atoms with Gasteiger partial charge in [-0.05, 0) is 49.6 Å². The number of nitrogens with one attached hydrogen (secondary N) is 1. The fourth-order valence-corrected chi connectivity index (χ4v) is 3.54. The Bertz CT molecular complexity index is 916. The molecule has 27 heavy (non-hydrogen) atoms. The second-order valence-corrected chi connectivity index (χ2v) is 6.80. The summed E-state index contributed by atoms with van der Waals surface area (Å²) >= 11 is 0. The molecule has 1 saturated heterocycles.